The molecular weight excluding hydrogens is 1200 g/mol. The Labute approximate surface area is 566 Å². The van der Waals surface area contributed by atoms with Gasteiger partial charge in [0.1, 0.15) is 6.61 Å². The lowest BCUT2D eigenvalue weighted by atomic mass is 9.33. The molecule has 0 fully saturated rings. The van der Waals surface area contributed by atoms with Crippen molar-refractivity contribution in [1.29, 1.82) is 0 Å². The molecule has 460 valence electrons. The fourth-order valence-corrected chi connectivity index (χ4v) is 14.1. The third-order valence-electron chi connectivity index (χ3n) is 18.6. The smallest absolute Gasteiger partial charge is 0.338 e. The van der Waals surface area contributed by atoms with E-state index < -0.39 is 5.97 Å². The molecule has 12 heteroatoms. The normalized spacial score (nSPS) is 12.1. The first-order valence-electron chi connectivity index (χ1n) is 32.8. The van der Waals surface area contributed by atoms with Gasteiger partial charge in [0.25, 0.3) is 6.71 Å². The van der Waals surface area contributed by atoms with Gasteiger partial charge in [-0.3, -0.25) is 0 Å². The zero-order valence-corrected chi connectivity index (χ0v) is 52.8. The third-order valence-corrected chi connectivity index (χ3v) is 18.6. The molecule has 0 amide bonds. The van der Waals surface area contributed by atoms with Crippen molar-refractivity contribution in [1.82, 2.24) is 34.5 Å². The van der Waals surface area contributed by atoms with Crippen molar-refractivity contribution in [2.45, 2.75) is 6.61 Å². The van der Waals surface area contributed by atoms with E-state index in [0.29, 0.717) is 51.6 Å². The van der Waals surface area contributed by atoms with Crippen LogP contribution < -0.4 is 26.2 Å². The number of benzene rings is 13. The summed E-state index contributed by atoms with van der Waals surface area (Å²) in [5.74, 6) is 2.51. The van der Waals surface area contributed by atoms with Gasteiger partial charge in [-0.25, -0.2) is 34.7 Å². The fourth-order valence-electron chi connectivity index (χ4n) is 14.1. The van der Waals surface area contributed by atoms with E-state index in [2.05, 4.69) is 190 Å². The average molecular weight is 1260 g/mol. The summed E-state index contributed by atoms with van der Waals surface area (Å²) in [7, 11) is 0. The van der Waals surface area contributed by atoms with Gasteiger partial charge < -0.3 is 19.1 Å². The Balaban J connectivity index is 0.846. The Kier molecular flexibility index (Phi) is 14.2. The predicted molar refractivity (Wildman–Crippen MR) is 395 cm³/mol. The summed E-state index contributed by atoms with van der Waals surface area (Å²) < 4.78 is 8.15. The number of hydrogen-bond donors (Lipinski definition) is 0. The van der Waals surface area contributed by atoms with Crippen LogP contribution >= 0.6 is 0 Å². The van der Waals surface area contributed by atoms with E-state index in [0.717, 1.165) is 101 Å². The first kappa shape index (κ1) is 57.5. The van der Waals surface area contributed by atoms with Gasteiger partial charge in [0, 0.05) is 78.3 Å². The van der Waals surface area contributed by atoms with E-state index in [4.69, 9.17) is 34.6 Å². The molecular formula is C86H56BN9O2. The zero-order chi connectivity index (χ0) is 65.0. The van der Waals surface area contributed by atoms with Crippen molar-refractivity contribution in [2.24, 2.45) is 0 Å². The minimum atomic E-state index is -0.412. The van der Waals surface area contributed by atoms with Crippen LogP contribution in [0.2, 0.25) is 0 Å². The average Bonchev–Trinajstić information content (AvgIpc) is 0.879. The van der Waals surface area contributed by atoms with Crippen LogP contribution in [0.3, 0.4) is 0 Å². The maximum atomic E-state index is 14.0. The van der Waals surface area contributed by atoms with Crippen molar-refractivity contribution < 1.29 is 9.53 Å². The third kappa shape index (κ3) is 10.2. The molecule has 2 aliphatic heterocycles. The highest BCUT2D eigenvalue weighted by Crippen LogP contribution is 2.47. The summed E-state index contributed by atoms with van der Waals surface area (Å²) >= 11 is 0. The molecule has 2 aliphatic rings. The number of aromatic nitrogens is 7. The molecule has 3 aromatic heterocycles. The second kappa shape index (κ2) is 24.3. The maximum Gasteiger partial charge on any atom is 0.338 e. The highest BCUT2D eigenvalue weighted by atomic mass is 16.5. The molecule has 0 unspecified atom stereocenters. The number of esters is 1. The van der Waals surface area contributed by atoms with Gasteiger partial charge in [-0.2, -0.15) is 0 Å². The lowest BCUT2D eigenvalue weighted by Gasteiger charge is -2.44. The molecule has 98 heavy (non-hydrogen) atoms. The Bertz CT molecular complexity index is 5570. The zero-order valence-electron chi connectivity index (χ0n) is 52.8. The summed E-state index contributed by atoms with van der Waals surface area (Å²) in [6.07, 6.45) is 0. The van der Waals surface area contributed by atoms with Crippen molar-refractivity contribution in [3.05, 3.63) is 339 Å². The molecule has 0 atom stereocenters. The molecule has 0 N–H and O–H groups in total. The number of nitrogens with zero attached hydrogens (tertiary/aromatic N) is 9. The van der Waals surface area contributed by atoms with Crippen LogP contribution in [0.25, 0.3) is 107 Å². The first-order valence-corrected chi connectivity index (χ1v) is 32.8. The van der Waals surface area contributed by atoms with Gasteiger partial charge >= 0.3 is 5.97 Å². The monoisotopic (exact) mass is 1260 g/mol. The number of ether oxygens (including phenoxy) is 1. The Morgan fingerprint density at radius 3 is 1.32 bits per heavy atom. The Morgan fingerprint density at radius 1 is 0.316 bits per heavy atom. The van der Waals surface area contributed by atoms with Gasteiger partial charge in [-0.15, -0.1) is 0 Å². The lowest BCUT2D eigenvalue weighted by Crippen LogP contribution is -2.61. The summed E-state index contributed by atoms with van der Waals surface area (Å²) in [5, 5.41) is 1.82. The molecule has 0 aliphatic carbocycles. The number of carbonyl (C=O) groups excluding carboxylic acids is 1. The Hall–Kier alpha value is -13.2. The van der Waals surface area contributed by atoms with Crippen LogP contribution in [0.1, 0.15) is 15.9 Å². The highest BCUT2D eigenvalue weighted by molar-refractivity contribution is 7.00. The first-order chi connectivity index (χ1) is 48.5. The summed E-state index contributed by atoms with van der Waals surface area (Å²) in [4.78, 5) is 50.9. The number of fused-ring (bicyclic) bond motifs is 7. The molecule has 0 spiro atoms. The SMILES string of the molecule is O=C(OCc1ccccc1)c1ccc2c(c1)c1ccccc1n2-c1ccc(-c2nc(-c3ccccc3)nc(-c3ccccc3)n2)cc1-c1nc(-c2ccccc2)nc(-c2cccc(-c3cc4c5c(c3)N(c3ccccc3)c3ccccc3B5c3ccccc3N4c3ccccc3)c2)n1. The summed E-state index contributed by atoms with van der Waals surface area (Å²) in [5.41, 5.74) is 21.0. The number of rotatable bonds is 13. The highest BCUT2D eigenvalue weighted by Gasteiger charge is 2.43. The Morgan fingerprint density at radius 2 is 0.755 bits per heavy atom. The molecule has 16 aromatic rings. The molecule has 13 aromatic carbocycles. The largest absolute Gasteiger partial charge is 0.457 e. The van der Waals surface area contributed by atoms with Crippen molar-refractivity contribution in [3.8, 4) is 85.1 Å². The molecule has 5 heterocycles. The van der Waals surface area contributed by atoms with E-state index in [1.807, 2.05) is 152 Å². The number of carbonyl (C=O) groups is 1. The van der Waals surface area contributed by atoms with Crippen LogP contribution in [0.5, 0.6) is 0 Å². The van der Waals surface area contributed by atoms with Crippen molar-refractivity contribution in [2.75, 3.05) is 9.80 Å². The maximum absolute atomic E-state index is 14.0. The van der Waals surface area contributed by atoms with E-state index >= 15 is 0 Å². The molecule has 0 saturated heterocycles. The number of anilines is 6. The van der Waals surface area contributed by atoms with Crippen molar-refractivity contribution in [3.63, 3.8) is 0 Å². The standard InChI is InChI=1S/C86H56BN9O2/c97-86(98-55-56-26-7-1-8-27-56)63-47-49-73-68(52-63)67-40-19-22-43-72(67)96(73)74-48-46-62(84-89-80(57-28-9-2-10-29-57)88-81(90-84)58-30-11-3-12-31-58)51-69(74)85-92-82(59-32-13-4-14-33-59)91-83(93-85)61-35-25-34-60(50-61)64-53-77-79-78(54-64)95(66-38-17-6-18-39-66)76-45-24-21-42-71(76)87(79)70-41-20-23-44-75(70)94(77)65-36-15-5-16-37-65/h1-54H,55H2. The molecule has 11 nitrogen and oxygen atoms in total. The second-order valence-corrected chi connectivity index (χ2v) is 24.5. The molecule has 0 bridgehead atoms. The van der Waals surface area contributed by atoms with Crippen LogP contribution in [-0.2, 0) is 11.3 Å². The van der Waals surface area contributed by atoms with Crippen LogP contribution in [0.4, 0.5) is 34.1 Å². The van der Waals surface area contributed by atoms with Gasteiger partial charge in [-0.05, 0) is 130 Å². The van der Waals surface area contributed by atoms with Crippen LogP contribution in [0, 0.1) is 0 Å². The quantitative estimate of drug-likeness (QED) is 0.0816. The van der Waals surface area contributed by atoms with E-state index in [1.54, 1.807) is 0 Å². The molecule has 0 radical (unpaired) electrons. The number of hydrogen-bond acceptors (Lipinski definition) is 10. The summed E-state index contributed by atoms with van der Waals surface area (Å²) in [6.45, 7) is 0.118. The fraction of sp³-hybridized carbons (Fsp3) is 0.0116. The summed E-state index contributed by atoms with van der Waals surface area (Å²) in [6, 6.07) is 113. The van der Waals surface area contributed by atoms with Gasteiger partial charge in [-0.1, -0.05) is 231 Å². The predicted octanol–water partition coefficient (Wildman–Crippen LogP) is 18.3. The van der Waals surface area contributed by atoms with Gasteiger partial charge in [0.15, 0.2) is 34.9 Å². The van der Waals surface area contributed by atoms with Crippen molar-refractivity contribution >= 4 is 85.0 Å². The van der Waals surface area contributed by atoms with Crippen LogP contribution in [-0.4, -0.2) is 47.2 Å². The van der Waals surface area contributed by atoms with Gasteiger partial charge in [0.05, 0.1) is 22.3 Å². The number of para-hydroxylation sites is 5. The minimum absolute atomic E-state index is 0.0351. The van der Waals surface area contributed by atoms with E-state index in [-0.39, 0.29) is 13.3 Å². The van der Waals surface area contributed by atoms with E-state index in [9.17, 15) is 4.79 Å². The topological polar surface area (TPSA) is 115 Å². The van der Waals surface area contributed by atoms with Gasteiger partial charge in [0.2, 0.25) is 0 Å². The molecule has 18 rings (SSSR count). The minimum Gasteiger partial charge on any atom is -0.457 e. The molecule has 0 saturated carbocycles. The van der Waals surface area contributed by atoms with Crippen LogP contribution in [0.15, 0.2) is 328 Å². The lowest BCUT2D eigenvalue weighted by molar-refractivity contribution is 0.0473. The van der Waals surface area contributed by atoms with E-state index in [1.165, 1.54) is 16.4 Å². The second-order valence-electron chi connectivity index (χ2n) is 24.5.